The van der Waals surface area contributed by atoms with Gasteiger partial charge in [0, 0.05) is 0 Å². The summed E-state index contributed by atoms with van der Waals surface area (Å²) in [7, 11) is 0. The Balaban J connectivity index is 1.44. The predicted octanol–water partition coefficient (Wildman–Crippen LogP) is 7.50. The summed E-state index contributed by atoms with van der Waals surface area (Å²) in [5.41, 5.74) is 1.55. The van der Waals surface area contributed by atoms with Crippen LogP contribution in [0.25, 0.3) is 10.8 Å². The predicted molar refractivity (Wildman–Crippen MR) is 115 cm³/mol. The van der Waals surface area contributed by atoms with Crippen molar-refractivity contribution in [3.63, 3.8) is 0 Å². The standard InChI is InChI=1S/C26H34O/c1-3-5-19-6-7-21-16-22(9-8-20(21)15-19)23-10-11-25-18-26(27-14-4-2)13-12-24(25)17-23/h4,10-13,17-22H,2-3,5-9,14-16H2,1H3. The molecule has 2 aliphatic rings. The first kappa shape index (κ1) is 18.6. The van der Waals surface area contributed by atoms with E-state index in [-0.39, 0.29) is 0 Å². The lowest BCUT2D eigenvalue weighted by atomic mass is 9.63. The summed E-state index contributed by atoms with van der Waals surface area (Å²) in [6.07, 6.45) is 13.3. The Morgan fingerprint density at radius 2 is 1.74 bits per heavy atom. The molecule has 0 aromatic heterocycles. The first-order chi connectivity index (χ1) is 13.3. The molecule has 2 aromatic rings. The van der Waals surface area contributed by atoms with E-state index in [1.54, 1.807) is 11.6 Å². The summed E-state index contributed by atoms with van der Waals surface area (Å²) in [6.45, 7) is 6.63. The number of fused-ring (bicyclic) bond motifs is 2. The maximum atomic E-state index is 5.68. The van der Waals surface area contributed by atoms with Crippen molar-refractivity contribution in [1.82, 2.24) is 0 Å². The third-order valence-electron chi connectivity index (χ3n) is 7.09. The number of hydrogen-bond donors (Lipinski definition) is 0. The Morgan fingerprint density at radius 1 is 0.963 bits per heavy atom. The van der Waals surface area contributed by atoms with E-state index >= 15 is 0 Å². The minimum atomic E-state index is 0.563. The van der Waals surface area contributed by atoms with Gasteiger partial charge >= 0.3 is 0 Å². The molecule has 4 atom stereocenters. The van der Waals surface area contributed by atoms with Gasteiger partial charge in [-0.05, 0) is 84.2 Å². The number of rotatable bonds is 6. The van der Waals surface area contributed by atoms with Crippen molar-refractivity contribution in [1.29, 1.82) is 0 Å². The first-order valence-electron chi connectivity index (χ1n) is 11.0. The normalized spacial score (nSPS) is 27.9. The number of benzene rings is 2. The van der Waals surface area contributed by atoms with E-state index in [1.165, 1.54) is 62.1 Å². The van der Waals surface area contributed by atoms with Gasteiger partial charge in [0.15, 0.2) is 0 Å². The highest BCUT2D eigenvalue weighted by molar-refractivity contribution is 5.84. The molecular formula is C26H34O. The highest BCUT2D eigenvalue weighted by atomic mass is 16.5. The summed E-state index contributed by atoms with van der Waals surface area (Å²) >= 11 is 0. The minimum Gasteiger partial charge on any atom is -0.490 e. The quantitative estimate of drug-likeness (QED) is 0.483. The van der Waals surface area contributed by atoms with Crippen molar-refractivity contribution in [2.24, 2.45) is 17.8 Å². The van der Waals surface area contributed by atoms with Crippen LogP contribution < -0.4 is 4.74 Å². The number of ether oxygens (including phenoxy) is 1. The van der Waals surface area contributed by atoms with Gasteiger partial charge < -0.3 is 4.74 Å². The molecule has 1 heteroatoms. The lowest BCUT2D eigenvalue weighted by Crippen LogP contribution is -2.30. The van der Waals surface area contributed by atoms with E-state index < -0.39 is 0 Å². The van der Waals surface area contributed by atoms with Crippen LogP contribution in [0.15, 0.2) is 49.1 Å². The molecule has 27 heavy (non-hydrogen) atoms. The van der Waals surface area contributed by atoms with Gasteiger partial charge in [-0.3, -0.25) is 0 Å². The summed E-state index contributed by atoms with van der Waals surface area (Å²) in [5.74, 6) is 4.69. The fraction of sp³-hybridized carbons (Fsp3) is 0.538. The average molecular weight is 363 g/mol. The molecular weight excluding hydrogens is 328 g/mol. The fourth-order valence-electron chi connectivity index (χ4n) is 5.70. The zero-order valence-corrected chi connectivity index (χ0v) is 16.8. The molecule has 4 rings (SSSR count). The Hall–Kier alpha value is -1.76. The zero-order valence-electron chi connectivity index (χ0n) is 16.8. The van der Waals surface area contributed by atoms with Crippen LogP contribution in [0.2, 0.25) is 0 Å². The Labute approximate surface area is 164 Å². The topological polar surface area (TPSA) is 9.23 Å². The van der Waals surface area contributed by atoms with E-state index in [0.29, 0.717) is 6.61 Å². The smallest absolute Gasteiger partial charge is 0.120 e. The molecule has 0 spiro atoms. The monoisotopic (exact) mass is 362 g/mol. The second-order valence-electron chi connectivity index (χ2n) is 8.87. The zero-order chi connectivity index (χ0) is 18.6. The molecule has 144 valence electrons. The molecule has 1 nitrogen and oxygen atoms in total. The Kier molecular flexibility index (Phi) is 5.86. The minimum absolute atomic E-state index is 0.563. The second-order valence-corrected chi connectivity index (χ2v) is 8.87. The van der Waals surface area contributed by atoms with Crippen LogP contribution in [0, 0.1) is 17.8 Å². The summed E-state index contributed by atoms with van der Waals surface area (Å²) in [5, 5.41) is 2.61. The highest BCUT2D eigenvalue weighted by Crippen LogP contribution is 2.48. The van der Waals surface area contributed by atoms with Crippen LogP contribution in [0.1, 0.15) is 69.8 Å². The lowest BCUT2D eigenvalue weighted by Gasteiger charge is -2.42. The van der Waals surface area contributed by atoms with Crippen LogP contribution in [-0.2, 0) is 0 Å². The largest absolute Gasteiger partial charge is 0.490 e. The van der Waals surface area contributed by atoms with Crippen LogP contribution in [0.5, 0.6) is 5.75 Å². The highest BCUT2D eigenvalue weighted by Gasteiger charge is 2.35. The molecule has 2 fully saturated rings. The van der Waals surface area contributed by atoms with Crippen molar-refractivity contribution >= 4 is 10.8 Å². The van der Waals surface area contributed by atoms with Crippen LogP contribution in [0.4, 0.5) is 0 Å². The molecule has 0 amide bonds. The van der Waals surface area contributed by atoms with Gasteiger partial charge in [-0.25, -0.2) is 0 Å². The summed E-state index contributed by atoms with van der Waals surface area (Å²) in [6, 6.07) is 13.5. The van der Waals surface area contributed by atoms with Gasteiger partial charge in [0.1, 0.15) is 12.4 Å². The third-order valence-corrected chi connectivity index (χ3v) is 7.09. The van der Waals surface area contributed by atoms with E-state index in [0.717, 1.165) is 29.4 Å². The van der Waals surface area contributed by atoms with Crippen molar-refractivity contribution in [2.75, 3.05) is 6.61 Å². The van der Waals surface area contributed by atoms with Crippen molar-refractivity contribution in [3.8, 4) is 5.75 Å². The Morgan fingerprint density at radius 3 is 2.59 bits per heavy atom. The van der Waals surface area contributed by atoms with E-state index in [4.69, 9.17) is 4.74 Å². The summed E-state index contributed by atoms with van der Waals surface area (Å²) in [4.78, 5) is 0. The maximum Gasteiger partial charge on any atom is 0.120 e. The van der Waals surface area contributed by atoms with Gasteiger partial charge in [-0.1, -0.05) is 63.1 Å². The molecule has 0 saturated heterocycles. The van der Waals surface area contributed by atoms with Crippen molar-refractivity contribution in [3.05, 3.63) is 54.6 Å². The maximum absolute atomic E-state index is 5.68. The molecule has 2 saturated carbocycles. The molecule has 2 aromatic carbocycles. The second kappa shape index (κ2) is 8.50. The molecule has 0 N–H and O–H groups in total. The van der Waals surface area contributed by atoms with Gasteiger partial charge in [-0.2, -0.15) is 0 Å². The van der Waals surface area contributed by atoms with Gasteiger partial charge in [-0.15, -0.1) is 0 Å². The van der Waals surface area contributed by atoms with Crippen LogP contribution >= 0.6 is 0 Å². The molecule has 0 radical (unpaired) electrons. The first-order valence-corrected chi connectivity index (χ1v) is 11.0. The molecule has 0 bridgehead atoms. The lowest BCUT2D eigenvalue weighted by molar-refractivity contribution is 0.114. The van der Waals surface area contributed by atoms with Crippen LogP contribution in [-0.4, -0.2) is 6.61 Å². The third kappa shape index (κ3) is 4.23. The fourth-order valence-corrected chi connectivity index (χ4v) is 5.70. The Bertz CT molecular complexity index is 777. The summed E-state index contributed by atoms with van der Waals surface area (Å²) < 4.78 is 5.68. The average Bonchev–Trinajstić information content (AvgIpc) is 2.71. The van der Waals surface area contributed by atoms with Gasteiger partial charge in [0.2, 0.25) is 0 Å². The van der Waals surface area contributed by atoms with Crippen molar-refractivity contribution in [2.45, 2.75) is 64.2 Å². The number of hydrogen-bond acceptors (Lipinski definition) is 1. The van der Waals surface area contributed by atoms with Gasteiger partial charge in [0.25, 0.3) is 0 Å². The van der Waals surface area contributed by atoms with Gasteiger partial charge in [0.05, 0.1) is 0 Å². The van der Waals surface area contributed by atoms with E-state index in [1.807, 2.05) is 0 Å². The van der Waals surface area contributed by atoms with E-state index in [9.17, 15) is 0 Å². The van der Waals surface area contributed by atoms with Crippen LogP contribution in [0.3, 0.4) is 0 Å². The molecule has 4 unspecified atom stereocenters. The van der Waals surface area contributed by atoms with E-state index in [2.05, 4.69) is 49.9 Å². The molecule has 0 heterocycles. The molecule has 2 aliphatic carbocycles. The van der Waals surface area contributed by atoms with Crippen molar-refractivity contribution < 1.29 is 4.74 Å². The SMILES string of the molecule is C=CCOc1ccc2cc(C3CCC4CC(CCC)CCC4C3)ccc2c1. The molecule has 0 aliphatic heterocycles.